The molecule has 0 atom stereocenters. The van der Waals surface area contributed by atoms with Crippen LogP contribution in [-0.4, -0.2) is 16.7 Å². The quantitative estimate of drug-likeness (QED) is 0.356. The monoisotopic (exact) mass is 146 g/mol. The molecule has 4 heteroatoms. The van der Waals surface area contributed by atoms with Crippen molar-refractivity contribution in [2.45, 2.75) is 19.5 Å². The van der Waals surface area contributed by atoms with Gasteiger partial charge in [-0.2, -0.15) is 0 Å². The van der Waals surface area contributed by atoms with Crippen LogP contribution in [0.4, 0.5) is 0 Å². The molecule has 0 bridgehead atoms. The van der Waals surface area contributed by atoms with Crippen LogP contribution in [0.15, 0.2) is 12.7 Å². The molecule has 60 valence electrons. The van der Waals surface area contributed by atoms with Gasteiger partial charge < -0.3 is 16.6 Å². The molecule has 0 spiro atoms. The van der Waals surface area contributed by atoms with Gasteiger partial charge in [0.2, 0.25) is 0 Å². The first-order valence-electron chi connectivity index (χ1n) is 2.74. The fourth-order valence-corrected chi connectivity index (χ4v) is 0. The normalized spacial score (nSPS) is 9.20. The molecule has 0 aliphatic heterocycles. The summed E-state index contributed by atoms with van der Waals surface area (Å²) in [6.45, 7) is 6.47. The van der Waals surface area contributed by atoms with Gasteiger partial charge in [-0.25, -0.2) is 4.79 Å². The van der Waals surface area contributed by atoms with Crippen LogP contribution in [0, 0.1) is 0 Å². The molecule has 0 unspecified atom stereocenters. The van der Waals surface area contributed by atoms with Gasteiger partial charge >= 0.3 is 5.97 Å². The topological polar surface area (TPSA) is 89.3 Å². The van der Waals surface area contributed by atoms with Gasteiger partial charge in [0, 0.05) is 0 Å². The van der Waals surface area contributed by atoms with Crippen molar-refractivity contribution in [2.75, 3.05) is 0 Å². The molecule has 0 aromatic carbocycles. The van der Waals surface area contributed by atoms with Crippen molar-refractivity contribution in [3.63, 3.8) is 0 Å². The molecule has 0 heterocycles. The highest BCUT2D eigenvalue weighted by molar-refractivity contribution is 5.76. The summed E-state index contributed by atoms with van der Waals surface area (Å²) in [6.07, 6.45) is 1.75. The number of nitrogens with two attached hydrogens (primary N) is 2. The lowest BCUT2D eigenvalue weighted by atomic mass is 10.2. The molecule has 0 radical (unpaired) electrons. The third kappa shape index (κ3) is 10.2. The highest BCUT2D eigenvalue weighted by Crippen LogP contribution is 1.83. The minimum Gasteiger partial charge on any atom is -0.479 e. The lowest BCUT2D eigenvalue weighted by Gasteiger charge is -2.09. The van der Waals surface area contributed by atoms with Crippen LogP contribution in [0.25, 0.3) is 0 Å². The Morgan fingerprint density at radius 1 is 1.70 bits per heavy atom. The van der Waals surface area contributed by atoms with Crippen molar-refractivity contribution in [3.8, 4) is 0 Å². The maximum atomic E-state index is 9.77. The predicted octanol–water partition coefficient (Wildman–Crippen LogP) is -0.103. The van der Waals surface area contributed by atoms with Gasteiger partial charge in [-0.3, -0.25) is 0 Å². The van der Waals surface area contributed by atoms with E-state index in [4.69, 9.17) is 16.6 Å². The van der Waals surface area contributed by atoms with Gasteiger partial charge in [-0.15, -0.1) is 6.58 Å². The van der Waals surface area contributed by atoms with E-state index in [2.05, 4.69) is 6.58 Å². The van der Waals surface area contributed by atoms with E-state index in [1.165, 1.54) is 6.92 Å². The van der Waals surface area contributed by atoms with Crippen LogP contribution < -0.4 is 11.5 Å². The number of rotatable bonds is 1. The first-order chi connectivity index (χ1) is 4.36. The SMILES string of the molecule is C=CC.CC(N)(N)C(=O)O. The first-order valence-corrected chi connectivity index (χ1v) is 2.74. The molecule has 0 aromatic rings. The molecule has 0 amide bonds. The second-order valence-corrected chi connectivity index (χ2v) is 2.00. The zero-order chi connectivity index (χ0) is 8.78. The van der Waals surface area contributed by atoms with E-state index in [0.29, 0.717) is 0 Å². The summed E-state index contributed by atoms with van der Waals surface area (Å²) in [7, 11) is 0. The van der Waals surface area contributed by atoms with Crippen molar-refractivity contribution < 1.29 is 9.90 Å². The molecule has 0 aromatic heterocycles. The highest BCUT2D eigenvalue weighted by Gasteiger charge is 2.20. The Labute approximate surface area is 60.5 Å². The van der Waals surface area contributed by atoms with Gasteiger partial charge in [0.25, 0.3) is 0 Å². The summed E-state index contributed by atoms with van der Waals surface area (Å²) >= 11 is 0. The van der Waals surface area contributed by atoms with E-state index in [-0.39, 0.29) is 0 Å². The summed E-state index contributed by atoms with van der Waals surface area (Å²) in [5, 5.41) is 8.00. The Bertz CT molecular complexity index is 115. The Balaban J connectivity index is 0. The van der Waals surface area contributed by atoms with E-state index in [1.54, 1.807) is 6.08 Å². The number of hydrogen-bond acceptors (Lipinski definition) is 3. The van der Waals surface area contributed by atoms with E-state index in [9.17, 15) is 4.79 Å². The van der Waals surface area contributed by atoms with Crippen LogP contribution in [0.2, 0.25) is 0 Å². The number of carboxylic acid groups (broad SMARTS) is 1. The maximum Gasteiger partial charge on any atom is 0.338 e. The molecule has 0 aliphatic carbocycles. The van der Waals surface area contributed by atoms with E-state index >= 15 is 0 Å². The fourth-order valence-electron chi connectivity index (χ4n) is 0. The Morgan fingerprint density at radius 3 is 1.80 bits per heavy atom. The third-order valence-electron chi connectivity index (χ3n) is 0.461. The van der Waals surface area contributed by atoms with Crippen molar-refractivity contribution in [1.82, 2.24) is 0 Å². The minimum atomic E-state index is -1.58. The largest absolute Gasteiger partial charge is 0.479 e. The van der Waals surface area contributed by atoms with E-state index in [1.807, 2.05) is 6.92 Å². The smallest absolute Gasteiger partial charge is 0.338 e. The number of carboxylic acids is 1. The number of aliphatic carboxylic acids is 1. The van der Waals surface area contributed by atoms with E-state index < -0.39 is 11.6 Å². The van der Waals surface area contributed by atoms with Crippen LogP contribution in [0.3, 0.4) is 0 Å². The van der Waals surface area contributed by atoms with Gasteiger partial charge in [0.15, 0.2) is 5.66 Å². The molecule has 0 aliphatic rings. The number of allylic oxidation sites excluding steroid dienone is 1. The molecule has 10 heavy (non-hydrogen) atoms. The standard InChI is InChI=1S/C3H8N2O2.C3H6/c1-3(4,5)2(6)7;1-3-2/h4-5H2,1H3,(H,6,7);3H,1H2,2H3. The van der Waals surface area contributed by atoms with Gasteiger partial charge in [0.05, 0.1) is 0 Å². The lowest BCUT2D eigenvalue weighted by molar-refractivity contribution is -0.142. The lowest BCUT2D eigenvalue weighted by Crippen LogP contribution is -2.53. The minimum absolute atomic E-state index is 1.20. The van der Waals surface area contributed by atoms with Crippen LogP contribution >= 0.6 is 0 Å². The first kappa shape index (κ1) is 11.9. The van der Waals surface area contributed by atoms with Crippen molar-refractivity contribution in [1.29, 1.82) is 0 Å². The van der Waals surface area contributed by atoms with Gasteiger partial charge in [-0.05, 0) is 13.8 Å². The Kier molecular flexibility index (Phi) is 5.89. The summed E-state index contributed by atoms with van der Waals surface area (Å²) in [5.74, 6) is -1.20. The molecule has 0 fully saturated rings. The van der Waals surface area contributed by atoms with Crippen molar-refractivity contribution in [3.05, 3.63) is 12.7 Å². The molecule has 5 N–H and O–H groups in total. The van der Waals surface area contributed by atoms with Gasteiger partial charge in [0.1, 0.15) is 0 Å². The van der Waals surface area contributed by atoms with Crippen LogP contribution in [-0.2, 0) is 4.79 Å². The van der Waals surface area contributed by atoms with Crippen molar-refractivity contribution in [2.24, 2.45) is 11.5 Å². The molecule has 0 rings (SSSR count). The second-order valence-electron chi connectivity index (χ2n) is 2.00. The maximum absolute atomic E-state index is 9.77. The third-order valence-corrected chi connectivity index (χ3v) is 0.461. The second kappa shape index (κ2) is 4.96. The Morgan fingerprint density at radius 2 is 1.80 bits per heavy atom. The summed E-state index contributed by atoms with van der Waals surface area (Å²) in [5.41, 5.74) is 8.13. The summed E-state index contributed by atoms with van der Waals surface area (Å²) in [6, 6.07) is 0. The molecule has 0 saturated carbocycles. The fraction of sp³-hybridized carbons (Fsp3) is 0.500. The zero-order valence-corrected chi connectivity index (χ0v) is 6.29. The average Bonchev–Trinajstić information content (AvgIpc) is 1.64. The van der Waals surface area contributed by atoms with Crippen LogP contribution in [0.1, 0.15) is 13.8 Å². The molecule has 4 nitrogen and oxygen atoms in total. The number of carbonyl (C=O) groups is 1. The highest BCUT2D eigenvalue weighted by atomic mass is 16.4. The van der Waals surface area contributed by atoms with Gasteiger partial charge in [-0.1, -0.05) is 6.08 Å². The summed E-state index contributed by atoms with van der Waals surface area (Å²) in [4.78, 5) is 9.77. The molecule has 0 saturated heterocycles. The molecular formula is C6H14N2O2. The van der Waals surface area contributed by atoms with E-state index in [0.717, 1.165) is 0 Å². The zero-order valence-electron chi connectivity index (χ0n) is 6.29. The molecular weight excluding hydrogens is 132 g/mol. The average molecular weight is 146 g/mol. The van der Waals surface area contributed by atoms with Crippen molar-refractivity contribution >= 4 is 5.97 Å². The predicted molar refractivity (Wildman–Crippen MR) is 40.3 cm³/mol. The summed E-state index contributed by atoms with van der Waals surface area (Å²) < 4.78 is 0. The Hall–Kier alpha value is -0.870. The van der Waals surface area contributed by atoms with Crippen LogP contribution in [0.5, 0.6) is 0 Å². The number of hydrogen-bond donors (Lipinski definition) is 3.